The average Bonchev–Trinajstić information content (AvgIpc) is 3.19. The fourth-order valence-corrected chi connectivity index (χ4v) is 2.73. The molecule has 0 unspecified atom stereocenters. The van der Waals surface area contributed by atoms with Crippen LogP contribution in [-0.2, 0) is 23.7 Å². The minimum Gasteiger partial charge on any atom is -0.348 e. The van der Waals surface area contributed by atoms with Gasteiger partial charge in [0.25, 0.3) is 0 Å². The van der Waals surface area contributed by atoms with E-state index in [1.54, 1.807) is 20.0 Å². The Hall–Kier alpha value is -3.77. The smallest absolute Gasteiger partial charge is 0.348 e. The van der Waals surface area contributed by atoms with Crippen LogP contribution in [0.3, 0.4) is 0 Å². The second-order valence-electron chi connectivity index (χ2n) is 6.90. The largest absolute Gasteiger partial charge is 0.416 e. The molecule has 0 spiro atoms. The van der Waals surface area contributed by atoms with Crippen LogP contribution in [0.25, 0.3) is 17.6 Å². The van der Waals surface area contributed by atoms with Gasteiger partial charge in [0, 0.05) is 41.8 Å². The number of aromatic nitrogens is 5. The van der Waals surface area contributed by atoms with Gasteiger partial charge in [-0.05, 0) is 32.0 Å². The van der Waals surface area contributed by atoms with Crippen molar-refractivity contribution in [3.05, 3.63) is 65.0 Å². The third-order valence-electron chi connectivity index (χ3n) is 4.39. The Morgan fingerprint density at radius 3 is 2.24 bits per heavy atom. The van der Waals surface area contributed by atoms with Gasteiger partial charge in [-0.15, -0.1) is 5.10 Å². The van der Waals surface area contributed by atoms with Gasteiger partial charge in [-0.1, -0.05) is 0 Å². The Bertz CT molecular complexity index is 1170. The third kappa shape index (κ3) is 6.14. The van der Waals surface area contributed by atoms with E-state index in [4.69, 9.17) is 0 Å². The van der Waals surface area contributed by atoms with Crippen LogP contribution < -0.4 is 5.32 Å². The van der Waals surface area contributed by atoms with Crippen molar-refractivity contribution in [1.82, 2.24) is 30.0 Å². The van der Waals surface area contributed by atoms with Crippen molar-refractivity contribution >= 4 is 12.1 Å². The molecular formula is C20H16F6N6O. The summed E-state index contributed by atoms with van der Waals surface area (Å²) in [6.45, 7) is 3.65. The van der Waals surface area contributed by atoms with Gasteiger partial charge >= 0.3 is 12.4 Å². The molecule has 3 aromatic rings. The van der Waals surface area contributed by atoms with E-state index in [2.05, 4.69) is 25.4 Å². The summed E-state index contributed by atoms with van der Waals surface area (Å²) in [6.07, 6.45) is -5.12. The van der Waals surface area contributed by atoms with Crippen LogP contribution in [0, 0.1) is 13.8 Å². The lowest BCUT2D eigenvalue weighted by Gasteiger charge is -2.13. The zero-order valence-corrected chi connectivity index (χ0v) is 17.2. The first kappa shape index (κ1) is 23.9. The lowest BCUT2D eigenvalue weighted by Crippen LogP contribution is -2.21. The zero-order valence-electron chi connectivity index (χ0n) is 17.2. The SMILES string of the molecule is Cc1ncc(CNC(=O)/C=C\n2cnc(-c3cc(C(F)(F)F)cc(C(F)(F)F)c3)n2)c(C)n1. The number of nitrogens with zero attached hydrogens (tertiary/aromatic N) is 5. The number of carbonyl (C=O) groups is 1. The van der Waals surface area contributed by atoms with Crippen molar-refractivity contribution < 1.29 is 31.1 Å². The molecule has 3 rings (SSSR count). The number of rotatable bonds is 5. The summed E-state index contributed by atoms with van der Waals surface area (Å²) >= 11 is 0. The fraction of sp³-hybridized carbons (Fsp3) is 0.250. The Kier molecular flexibility index (Phi) is 6.51. The molecule has 1 aromatic carbocycles. The molecule has 0 fully saturated rings. The lowest BCUT2D eigenvalue weighted by molar-refractivity contribution is -0.143. The van der Waals surface area contributed by atoms with Crippen molar-refractivity contribution in [2.75, 3.05) is 0 Å². The van der Waals surface area contributed by atoms with Crippen LogP contribution in [0.2, 0.25) is 0 Å². The Morgan fingerprint density at radius 2 is 1.67 bits per heavy atom. The first-order chi connectivity index (χ1) is 15.3. The summed E-state index contributed by atoms with van der Waals surface area (Å²) in [6, 6.07) is 1.07. The monoisotopic (exact) mass is 470 g/mol. The molecule has 0 aliphatic carbocycles. The van der Waals surface area contributed by atoms with Gasteiger partial charge in [0.2, 0.25) is 5.91 Å². The number of nitrogens with one attached hydrogen (secondary N) is 1. The third-order valence-corrected chi connectivity index (χ3v) is 4.39. The molecule has 7 nitrogen and oxygen atoms in total. The lowest BCUT2D eigenvalue weighted by atomic mass is 10.0. The maximum Gasteiger partial charge on any atom is 0.416 e. The highest BCUT2D eigenvalue weighted by Gasteiger charge is 2.37. The fourth-order valence-electron chi connectivity index (χ4n) is 2.73. The van der Waals surface area contributed by atoms with Crippen molar-refractivity contribution in [3.8, 4) is 11.4 Å². The van der Waals surface area contributed by atoms with Crippen LogP contribution >= 0.6 is 0 Å². The highest BCUT2D eigenvalue weighted by molar-refractivity contribution is 5.89. The molecule has 0 atom stereocenters. The molecule has 2 aromatic heterocycles. The van der Waals surface area contributed by atoms with Crippen molar-refractivity contribution in [2.24, 2.45) is 0 Å². The van der Waals surface area contributed by atoms with E-state index in [0.29, 0.717) is 29.2 Å². The Labute approximate surface area is 183 Å². The van der Waals surface area contributed by atoms with E-state index < -0.39 is 35.0 Å². The Balaban J connectivity index is 1.75. The summed E-state index contributed by atoms with van der Waals surface area (Å²) < 4.78 is 79.2. The summed E-state index contributed by atoms with van der Waals surface area (Å²) in [7, 11) is 0. The number of amides is 1. The van der Waals surface area contributed by atoms with E-state index >= 15 is 0 Å². The quantitative estimate of drug-likeness (QED) is 0.447. The molecule has 0 bridgehead atoms. The van der Waals surface area contributed by atoms with E-state index in [-0.39, 0.29) is 18.4 Å². The van der Waals surface area contributed by atoms with E-state index in [0.717, 1.165) is 23.3 Å². The van der Waals surface area contributed by atoms with E-state index in [9.17, 15) is 31.1 Å². The summed E-state index contributed by atoms with van der Waals surface area (Å²) in [5.74, 6) is -0.304. The molecule has 1 amide bonds. The molecule has 0 aliphatic rings. The number of aryl methyl sites for hydroxylation is 2. The van der Waals surface area contributed by atoms with Gasteiger partial charge < -0.3 is 5.32 Å². The molecule has 33 heavy (non-hydrogen) atoms. The number of alkyl halides is 6. The molecule has 0 saturated carbocycles. The highest BCUT2D eigenvalue weighted by Crippen LogP contribution is 2.38. The van der Waals surface area contributed by atoms with Crippen LogP contribution in [0.5, 0.6) is 0 Å². The van der Waals surface area contributed by atoms with E-state index in [1.165, 1.54) is 0 Å². The molecule has 0 aliphatic heterocycles. The number of hydrogen-bond acceptors (Lipinski definition) is 5. The molecular weight excluding hydrogens is 454 g/mol. The maximum atomic E-state index is 13.0. The number of benzene rings is 1. The van der Waals surface area contributed by atoms with Crippen LogP contribution in [0.4, 0.5) is 26.3 Å². The molecule has 0 saturated heterocycles. The highest BCUT2D eigenvalue weighted by atomic mass is 19.4. The molecule has 174 valence electrons. The maximum absolute atomic E-state index is 13.0. The Morgan fingerprint density at radius 1 is 1.03 bits per heavy atom. The summed E-state index contributed by atoms with van der Waals surface area (Å²) in [5, 5.41) is 6.42. The van der Waals surface area contributed by atoms with Gasteiger partial charge in [0.15, 0.2) is 5.82 Å². The van der Waals surface area contributed by atoms with Gasteiger partial charge in [0.1, 0.15) is 12.2 Å². The van der Waals surface area contributed by atoms with Gasteiger partial charge in [-0.2, -0.15) is 26.3 Å². The van der Waals surface area contributed by atoms with Gasteiger partial charge in [-0.25, -0.2) is 19.6 Å². The standard InChI is InChI=1S/C20H16F6N6O/c1-11-14(8-27-12(2)30-11)9-28-17(33)3-4-32-10-29-18(31-32)13-5-15(19(21,22)23)7-16(6-13)20(24,25)26/h3-8,10H,9H2,1-2H3,(H,28,33)/b4-3-. The topological polar surface area (TPSA) is 85.6 Å². The minimum atomic E-state index is -4.99. The summed E-state index contributed by atoms with van der Waals surface area (Å²) in [5.41, 5.74) is -2.02. The first-order valence-corrected chi connectivity index (χ1v) is 9.29. The van der Waals surface area contributed by atoms with Gasteiger partial charge in [0.05, 0.1) is 11.1 Å². The van der Waals surface area contributed by atoms with Crippen LogP contribution in [0.1, 0.15) is 28.2 Å². The van der Waals surface area contributed by atoms with Crippen molar-refractivity contribution in [2.45, 2.75) is 32.7 Å². The second-order valence-corrected chi connectivity index (χ2v) is 6.90. The molecule has 2 heterocycles. The molecule has 0 radical (unpaired) electrons. The van der Waals surface area contributed by atoms with E-state index in [1.807, 2.05) is 0 Å². The second kappa shape index (κ2) is 9.00. The number of hydrogen-bond donors (Lipinski definition) is 1. The predicted molar refractivity (Wildman–Crippen MR) is 104 cm³/mol. The van der Waals surface area contributed by atoms with Crippen LogP contribution in [0.15, 0.2) is 36.8 Å². The first-order valence-electron chi connectivity index (χ1n) is 9.29. The molecule has 13 heteroatoms. The number of carbonyl (C=O) groups excluding carboxylic acids is 1. The summed E-state index contributed by atoms with van der Waals surface area (Å²) in [4.78, 5) is 24.0. The minimum absolute atomic E-state index is 0.0194. The van der Waals surface area contributed by atoms with Crippen LogP contribution in [-0.4, -0.2) is 30.6 Å². The molecule has 1 N–H and O–H groups in total. The normalized spacial score (nSPS) is 12.4. The number of halogens is 6. The van der Waals surface area contributed by atoms with Crippen molar-refractivity contribution in [3.63, 3.8) is 0 Å². The van der Waals surface area contributed by atoms with Gasteiger partial charge in [-0.3, -0.25) is 4.79 Å². The predicted octanol–water partition coefficient (Wildman–Crippen LogP) is 4.18. The van der Waals surface area contributed by atoms with Crippen molar-refractivity contribution in [1.29, 1.82) is 0 Å². The zero-order chi connectivity index (χ0) is 24.4. The average molecular weight is 470 g/mol.